The van der Waals surface area contributed by atoms with E-state index in [1.54, 1.807) is 0 Å². The third-order valence-electron chi connectivity index (χ3n) is 2.49. The van der Waals surface area contributed by atoms with E-state index in [2.05, 4.69) is 15.8 Å². The number of rotatable bonds is 3. The number of carbonyl (C=O) groups excluding carboxylic acids is 1. The molecule has 5 nitrogen and oxygen atoms in total. The predicted molar refractivity (Wildman–Crippen MR) is 54.1 cm³/mol. The van der Waals surface area contributed by atoms with Crippen LogP contribution in [0.5, 0.6) is 0 Å². The number of amides is 1. The summed E-state index contributed by atoms with van der Waals surface area (Å²) in [6, 6.07) is 1.79. The average Bonchev–Trinajstić information content (AvgIpc) is 2.84. The zero-order chi connectivity index (χ0) is 10.7. The van der Waals surface area contributed by atoms with Gasteiger partial charge >= 0.3 is 0 Å². The molecule has 1 aliphatic heterocycles. The highest BCUT2D eigenvalue weighted by Gasteiger charge is 2.21. The highest BCUT2D eigenvalue weighted by molar-refractivity contribution is 5.81. The zero-order valence-electron chi connectivity index (χ0n) is 8.75. The molecule has 0 aliphatic carbocycles. The number of aryl methyl sites for hydroxylation is 1. The van der Waals surface area contributed by atoms with E-state index in [4.69, 9.17) is 4.52 Å². The van der Waals surface area contributed by atoms with Gasteiger partial charge in [-0.05, 0) is 26.3 Å². The van der Waals surface area contributed by atoms with Gasteiger partial charge in [-0.15, -0.1) is 0 Å². The Balaban J connectivity index is 1.80. The number of hydrogen-bond donors (Lipinski definition) is 2. The lowest BCUT2D eigenvalue weighted by molar-refractivity contribution is -0.123. The first kappa shape index (κ1) is 10.2. The Hall–Kier alpha value is -1.36. The third kappa shape index (κ3) is 2.56. The van der Waals surface area contributed by atoms with Crippen LogP contribution in [-0.2, 0) is 11.3 Å². The molecule has 0 unspecified atom stereocenters. The minimum atomic E-state index is -0.0333. The molecular formula is C10H15N3O2. The minimum Gasteiger partial charge on any atom is -0.359 e. The molecule has 1 amide bonds. The summed E-state index contributed by atoms with van der Waals surface area (Å²) in [4.78, 5) is 11.6. The Bertz CT molecular complexity index is 342. The number of aromatic nitrogens is 1. The molecule has 1 aromatic heterocycles. The second-order valence-electron chi connectivity index (χ2n) is 3.80. The molecule has 15 heavy (non-hydrogen) atoms. The minimum absolute atomic E-state index is 0.0333. The molecule has 1 fully saturated rings. The molecule has 1 atom stereocenters. The summed E-state index contributed by atoms with van der Waals surface area (Å²) in [6.45, 7) is 3.20. The summed E-state index contributed by atoms with van der Waals surface area (Å²) in [5, 5.41) is 9.71. The largest absolute Gasteiger partial charge is 0.359 e. The first-order valence-corrected chi connectivity index (χ1v) is 5.19. The van der Waals surface area contributed by atoms with Gasteiger partial charge in [0.05, 0.1) is 18.3 Å². The van der Waals surface area contributed by atoms with E-state index in [9.17, 15) is 4.79 Å². The summed E-state index contributed by atoms with van der Waals surface area (Å²) >= 11 is 0. The molecule has 1 aromatic rings. The first-order valence-electron chi connectivity index (χ1n) is 5.19. The van der Waals surface area contributed by atoms with E-state index in [1.807, 2.05) is 13.0 Å². The molecule has 0 spiro atoms. The van der Waals surface area contributed by atoms with Gasteiger partial charge in [-0.25, -0.2) is 0 Å². The van der Waals surface area contributed by atoms with Gasteiger partial charge < -0.3 is 15.2 Å². The molecule has 1 saturated heterocycles. The van der Waals surface area contributed by atoms with Crippen molar-refractivity contribution < 1.29 is 9.32 Å². The van der Waals surface area contributed by atoms with E-state index in [-0.39, 0.29) is 11.9 Å². The van der Waals surface area contributed by atoms with Gasteiger partial charge in [-0.2, -0.15) is 0 Å². The maximum atomic E-state index is 11.6. The van der Waals surface area contributed by atoms with Gasteiger partial charge in [0.2, 0.25) is 5.91 Å². The van der Waals surface area contributed by atoms with Crippen molar-refractivity contribution in [3.63, 3.8) is 0 Å². The van der Waals surface area contributed by atoms with Crippen molar-refractivity contribution in [2.24, 2.45) is 0 Å². The molecule has 2 N–H and O–H groups in total. The van der Waals surface area contributed by atoms with Gasteiger partial charge in [0.15, 0.2) is 5.76 Å². The van der Waals surface area contributed by atoms with Crippen LogP contribution in [0, 0.1) is 6.92 Å². The van der Waals surface area contributed by atoms with Crippen LogP contribution in [0.25, 0.3) is 0 Å². The lowest BCUT2D eigenvalue weighted by Crippen LogP contribution is -2.39. The normalized spacial score (nSPS) is 20.5. The fourth-order valence-corrected chi connectivity index (χ4v) is 1.71. The standard InChI is InChI=1S/C10H15N3O2/c1-7-5-8(15-13-7)6-12-10(14)9-3-2-4-11-9/h5,9,11H,2-4,6H2,1H3,(H,12,14)/t9-/m1/s1. The van der Waals surface area contributed by atoms with Gasteiger partial charge in [0.25, 0.3) is 0 Å². The van der Waals surface area contributed by atoms with Crippen molar-refractivity contribution in [3.05, 3.63) is 17.5 Å². The molecule has 0 saturated carbocycles. The molecule has 2 heterocycles. The van der Waals surface area contributed by atoms with Gasteiger partial charge in [-0.1, -0.05) is 5.16 Å². The maximum absolute atomic E-state index is 11.6. The van der Waals surface area contributed by atoms with E-state index in [1.165, 1.54) is 0 Å². The van der Waals surface area contributed by atoms with Crippen LogP contribution in [0.15, 0.2) is 10.6 Å². The van der Waals surface area contributed by atoms with Gasteiger partial charge in [0, 0.05) is 6.07 Å². The van der Waals surface area contributed by atoms with Crippen LogP contribution < -0.4 is 10.6 Å². The Morgan fingerprint density at radius 1 is 1.80 bits per heavy atom. The molecular weight excluding hydrogens is 194 g/mol. The van der Waals surface area contributed by atoms with Crippen LogP contribution in [0.3, 0.4) is 0 Å². The van der Waals surface area contributed by atoms with Gasteiger partial charge in [-0.3, -0.25) is 4.79 Å². The van der Waals surface area contributed by atoms with Crippen molar-refractivity contribution in [3.8, 4) is 0 Å². The first-order chi connectivity index (χ1) is 7.25. The topological polar surface area (TPSA) is 67.2 Å². The maximum Gasteiger partial charge on any atom is 0.237 e. The van der Waals surface area contributed by atoms with Crippen LogP contribution in [0.2, 0.25) is 0 Å². The average molecular weight is 209 g/mol. The highest BCUT2D eigenvalue weighted by Crippen LogP contribution is 2.06. The van der Waals surface area contributed by atoms with E-state index < -0.39 is 0 Å². The monoisotopic (exact) mass is 209 g/mol. The summed E-state index contributed by atoms with van der Waals surface area (Å²) in [7, 11) is 0. The van der Waals surface area contributed by atoms with Gasteiger partial charge in [0.1, 0.15) is 0 Å². The molecule has 1 aliphatic rings. The zero-order valence-corrected chi connectivity index (χ0v) is 8.75. The molecule has 2 rings (SSSR count). The number of carbonyl (C=O) groups is 1. The second kappa shape index (κ2) is 4.44. The lowest BCUT2D eigenvalue weighted by Gasteiger charge is -2.09. The molecule has 0 aromatic carbocycles. The Morgan fingerprint density at radius 3 is 3.27 bits per heavy atom. The number of hydrogen-bond acceptors (Lipinski definition) is 4. The van der Waals surface area contributed by atoms with E-state index >= 15 is 0 Å². The molecule has 0 bridgehead atoms. The van der Waals surface area contributed by atoms with Crippen LogP contribution in [0.1, 0.15) is 24.3 Å². The van der Waals surface area contributed by atoms with E-state index in [0.29, 0.717) is 12.3 Å². The third-order valence-corrected chi connectivity index (χ3v) is 2.49. The summed E-state index contributed by atoms with van der Waals surface area (Å²) < 4.78 is 4.99. The van der Waals surface area contributed by atoms with Crippen molar-refractivity contribution in [2.45, 2.75) is 32.4 Å². The summed E-state index contributed by atoms with van der Waals surface area (Å²) in [5.74, 6) is 0.736. The summed E-state index contributed by atoms with van der Waals surface area (Å²) in [6.07, 6.45) is 1.99. The smallest absolute Gasteiger partial charge is 0.237 e. The van der Waals surface area contributed by atoms with E-state index in [0.717, 1.165) is 25.1 Å². The Labute approximate surface area is 88.2 Å². The van der Waals surface area contributed by atoms with Crippen molar-refractivity contribution in [2.75, 3.05) is 6.54 Å². The summed E-state index contributed by atoms with van der Waals surface area (Å²) in [5.41, 5.74) is 0.832. The molecule has 82 valence electrons. The highest BCUT2D eigenvalue weighted by atomic mass is 16.5. The quantitative estimate of drug-likeness (QED) is 0.754. The van der Waals surface area contributed by atoms with Crippen molar-refractivity contribution in [1.82, 2.24) is 15.8 Å². The fraction of sp³-hybridized carbons (Fsp3) is 0.600. The van der Waals surface area contributed by atoms with Crippen LogP contribution in [0.4, 0.5) is 0 Å². The number of nitrogens with one attached hydrogen (secondary N) is 2. The second-order valence-corrected chi connectivity index (χ2v) is 3.80. The van der Waals surface area contributed by atoms with Crippen LogP contribution in [-0.4, -0.2) is 23.7 Å². The Kier molecular flexibility index (Phi) is 3.01. The van der Waals surface area contributed by atoms with Crippen molar-refractivity contribution in [1.29, 1.82) is 0 Å². The molecule has 5 heteroatoms. The van der Waals surface area contributed by atoms with Crippen molar-refractivity contribution >= 4 is 5.91 Å². The fourth-order valence-electron chi connectivity index (χ4n) is 1.71. The number of nitrogens with zero attached hydrogens (tertiary/aromatic N) is 1. The van der Waals surface area contributed by atoms with Crippen LogP contribution >= 0.6 is 0 Å². The predicted octanol–water partition coefficient (Wildman–Crippen LogP) is 0.351. The lowest BCUT2D eigenvalue weighted by atomic mass is 10.2. The molecule has 0 radical (unpaired) electrons. The SMILES string of the molecule is Cc1cc(CNC(=O)[C@H]2CCCN2)on1. The Morgan fingerprint density at radius 2 is 2.67 bits per heavy atom.